The van der Waals surface area contributed by atoms with E-state index in [4.69, 9.17) is 17.4 Å². The number of aromatic nitrogens is 3. The molecule has 0 radical (unpaired) electrons. The van der Waals surface area contributed by atoms with E-state index in [0.29, 0.717) is 6.42 Å². The summed E-state index contributed by atoms with van der Waals surface area (Å²) in [5.74, 6) is 5.72. The Bertz CT molecular complexity index is 608. The molecule has 0 saturated carbocycles. The molecule has 114 valence electrons. The van der Waals surface area contributed by atoms with Gasteiger partial charge in [-0.15, -0.1) is 0 Å². The van der Waals surface area contributed by atoms with E-state index in [1.165, 1.54) is 0 Å². The fraction of sp³-hybridized carbons (Fsp3) is 0.467. The zero-order valence-corrected chi connectivity index (χ0v) is 13.5. The minimum atomic E-state index is -0.0888. The molecule has 3 N–H and O–H groups in total. The quantitative estimate of drug-likeness (QED) is 0.636. The summed E-state index contributed by atoms with van der Waals surface area (Å²) in [5.41, 5.74) is 6.84. The van der Waals surface area contributed by atoms with Crippen molar-refractivity contribution in [1.29, 1.82) is 0 Å². The largest absolute Gasteiger partial charge is 0.271 e. The van der Waals surface area contributed by atoms with Crippen LogP contribution in [0.1, 0.15) is 42.5 Å². The molecule has 0 saturated heterocycles. The number of hydrogen-bond acceptors (Lipinski definition) is 4. The lowest BCUT2D eigenvalue weighted by Crippen LogP contribution is -2.31. The van der Waals surface area contributed by atoms with Gasteiger partial charge in [-0.3, -0.25) is 20.9 Å². The molecule has 0 fully saturated rings. The number of aryl methyl sites for hydroxylation is 3. The van der Waals surface area contributed by atoms with Crippen LogP contribution >= 0.6 is 11.6 Å². The molecule has 0 bridgehead atoms. The summed E-state index contributed by atoms with van der Waals surface area (Å²) in [5, 5.41) is 5.28. The smallest absolute Gasteiger partial charge is 0.0850 e. The average molecular weight is 308 g/mol. The maximum absolute atomic E-state index is 6.46. The van der Waals surface area contributed by atoms with Crippen LogP contribution in [0, 0.1) is 6.92 Å². The van der Waals surface area contributed by atoms with Gasteiger partial charge in [0.25, 0.3) is 0 Å². The van der Waals surface area contributed by atoms with Crippen LogP contribution in [0.3, 0.4) is 0 Å². The molecule has 2 aromatic rings. The Labute approximate surface area is 130 Å². The highest BCUT2D eigenvalue weighted by molar-refractivity contribution is 6.31. The van der Waals surface area contributed by atoms with E-state index in [9.17, 15) is 0 Å². The molecule has 0 aliphatic carbocycles. The van der Waals surface area contributed by atoms with Crippen LogP contribution in [-0.2, 0) is 19.4 Å². The SMILES string of the molecule is CCc1nn(CC)c(CC(NN)c2cc(C)ccn2)c1Cl. The third-order valence-corrected chi connectivity index (χ3v) is 4.02. The summed E-state index contributed by atoms with van der Waals surface area (Å²) in [6, 6.07) is 3.91. The maximum atomic E-state index is 6.46. The number of rotatable bonds is 6. The number of nitrogens with zero attached hydrogens (tertiary/aromatic N) is 3. The van der Waals surface area contributed by atoms with Crippen LogP contribution in [0.5, 0.6) is 0 Å². The van der Waals surface area contributed by atoms with Crippen molar-refractivity contribution in [3.05, 3.63) is 46.0 Å². The highest BCUT2D eigenvalue weighted by atomic mass is 35.5. The van der Waals surface area contributed by atoms with Crippen molar-refractivity contribution in [2.24, 2.45) is 5.84 Å². The Balaban J connectivity index is 2.32. The molecular formula is C15H22ClN5. The zero-order chi connectivity index (χ0) is 15.4. The van der Waals surface area contributed by atoms with Gasteiger partial charge >= 0.3 is 0 Å². The van der Waals surface area contributed by atoms with Crippen LogP contribution in [0.2, 0.25) is 5.02 Å². The van der Waals surface area contributed by atoms with Crippen LogP contribution in [-0.4, -0.2) is 14.8 Å². The molecule has 6 heteroatoms. The topological polar surface area (TPSA) is 68.8 Å². The lowest BCUT2D eigenvalue weighted by atomic mass is 10.1. The summed E-state index contributed by atoms with van der Waals surface area (Å²) in [4.78, 5) is 4.40. The minimum Gasteiger partial charge on any atom is -0.271 e. The van der Waals surface area contributed by atoms with Gasteiger partial charge in [0.15, 0.2) is 0 Å². The highest BCUT2D eigenvalue weighted by Gasteiger charge is 2.20. The second-order valence-electron chi connectivity index (χ2n) is 5.06. The molecule has 2 aromatic heterocycles. The predicted octanol–water partition coefficient (Wildman–Crippen LogP) is 2.57. The highest BCUT2D eigenvalue weighted by Crippen LogP contribution is 2.26. The Morgan fingerprint density at radius 3 is 2.76 bits per heavy atom. The third-order valence-electron chi connectivity index (χ3n) is 3.59. The molecule has 2 rings (SSSR count). The number of nitrogens with one attached hydrogen (secondary N) is 1. The standard InChI is InChI=1S/C15H22ClN5/c1-4-11-15(16)14(21(5-2)20-11)9-13(19-17)12-8-10(3)6-7-18-12/h6-8,13,19H,4-5,9,17H2,1-3H3. The normalized spacial score (nSPS) is 12.6. The zero-order valence-electron chi connectivity index (χ0n) is 12.7. The second kappa shape index (κ2) is 7.02. The minimum absolute atomic E-state index is 0.0888. The monoisotopic (exact) mass is 307 g/mol. The van der Waals surface area contributed by atoms with Crippen LogP contribution < -0.4 is 11.3 Å². The fourth-order valence-electron chi connectivity index (χ4n) is 2.40. The van der Waals surface area contributed by atoms with Crippen molar-refractivity contribution < 1.29 is 0 Å². The van der Waals surface area contributed by atoms with Gasteiger partial charge in [-0.2, -0.15) is 5.10 Å². The van der Waals surface area contributed by atoms with Crippen molar-refractivity contribution in [2.45, 2.75) is 46.2 Å². The third kappa shape index (κ3) is 3.43. The van der Waals surface area contributed by atoms with E-state index < -0.39 is 0 Å². The van der Waals surface area contributed by atoms with E-state index in [1.54, 1.807) is 6.20 Å². The van der Waals surface area contributed by atoms with Gasteiger partial charge < -0.3 is 0 Å². The van der Waals surface area contributed by atoms with Crippen molar-refractivity contribution in [3.8, 4) is 0 Å². The molecule has 0 amide bonds. The summed E-state index contributed by atoms with van der Waals surface area (Å²) in [7, 11) is 0. The molecule has 1 unspecified atom stereocenters. The molecule has 0 aliphatic heterocycles. The van der Waals surface area contributed by atoms with Crippen molar-refractivity contribution in [3.63, 3.8) is 0 Å². The first-order chi connectivity index (χ1) is 10.1. The fourth-order valence-corrected chi connectivity index (χ4v) is 2.75. The van der Waals surface area contributed by atoms with E-state index in [-0.39, 0.29) is 6.04 Å². The van der Waals surface area contributed by atoms with E-state index in [1.807, 2.05) is 23.7 Å². The Hall–Kier alpha value is -1.43. The van der Waals surface area contributed by atoms with Crippen LogP contribution in [0.25, 0.3) is 0 Å². The molecular weight excluding hydrogens is 286 g/mol. The van der Waals surface area contributed by atoms with E-state index in [0.717, 1.165) is 40.6 Å². The van der Waals surface area contributed by atoms with Crippen molar-refractivity contribution in [2.75, 3.05) is 0 Å². The molecule has 2 heterocycles. The van der Waals surface area contributed by atoms with E-state index in [2.05, 4.69) is 29.4 Å². The first-order valence-corrected chi connectivity index (χ1v) is 7.61. The van der Waals surface area contributed by atoms with E-state index >= 15 is 0 Å². The van der Waals surface area contributed by atoms with Gasteiger partial charge in [-0.05, 0) is 38.0 Å². The molecule has 0 aromatic carbocycles. The lowest BCUT2D eigenvalue weighted by Gasteiger charge is -2.16. The summed E-state index contributed by atoms with van der Waals surface area (Å²) in [6.07, 6.45) is 3.28. The average Bonchev–Trinajstić information content (AvgIpc) is 2.80. The Morgan fingerprint density at radius 2 is 2.19 bits per heavy atom. The summed E-state index contributed by atoms with van der Waals surface area (Å²) < 4.78 is 1.95. The second-order valence-corrected chi connectivity index (χ2v) is 5.44. The van der Waals surface area contributed by atoms with Crippen LogP contribution in [0.15, 0.2) is 18.3 Å². The van der Waals surface area contributed by atoms with Crippen molar-refractivity contribution in [1.82, 2.24) is 20.2 Å². The Kier molecular flexibility index (Phi) is 5.33. The first-order valence-electron chi connectivity index (χ1n) is 7.23. The van der Waals surface area contributed by atoms with Gasteiger partial charge in [-0.25, -0.2) is 0 Å². The summed E-state index contributed by atoms with van der Waals surface area (Å²) in [6.45, 7) is 6.94. The van der Waals surface area contributed by atoms with Gasteiger partial charge in [-0.1, -0.05) is 18.5 Å². The number of pyridine rings is 1. The molecule has 5 nitrogen and oxygen atoms in total. The number of nitrogens with two attached hydrogens (primary N) is 1. The Morgan fingerprint density at radius 1 is 1.43 bits per heavy atom. The maximum Gasteiger partial charge on any atom is 0.0850 e. The lowest BCUT2D eigenvalue weighted by molar-refractivity contribution is 0.507. The van der Waals surface area contributed by atoms with Gasteiger partial charge in [0, 0.05) is 19.2 Å². The predicted molar refractivity (Wildman–Crippen MR) is 85.0 cm³/mol. The first kappa shape index (κ1) is 15.9. The molecule has 1 atom stereocenters. The van der Waals surface area contributed by atoms with Gasteiger partial charge in [0.1, 0.15) is 0 Å². The number of hydrazine groups is 1. The summed E-state index contributed by atoms with van der Waals surface area (Å²) >= 11 is 6.46. The molecule has 21 heavy (non-hydrogen) atoms. The van der Waals surface area contributed by atoms with Gasteiger partial charge in [0.05, 0.1) is 28.1 Å². The van der Waals surface area contributed by atoms with Gasteiger partial charge in [0.2, 0.25) is 0 Å². The molecule has 0 spiro atoms. The van der Waals surface area contributed by atoms with Crippen LogP contribution in [0.4, 0.5) is 0 Å². The number of hydrogen-bond donors (Lipinski definition) is 2. The molecule has 0 aliphatic rings. The number of halogens is 1. The van der Waals surface area contributed by atoms with Crippen molar-refractivity contribution >= 4 is 11.6 Å².